The zero-order valence-corrected chi connectivity index (χ0v) is 25.1. The lowest BCUT2D eigenvalue weighted by molar-refractivity contribution is 1.71. The molecule has 0 fully saturated rings. The molecule has 0 saturated heterocycles. The minimum absolute atomic E-state index is 1.40. The van der Waals surface area contributed by atoms with Crippen molar-refractivity contribution in [3.05, 3.63) is 84.9 Å². The van der Waals surface area contributed by atoms with Gasteiger partial charge in [0.15, 0.2) is 0 Å². The van der Waals surface area contributed by atoms with E-state index in [2.05, 4.69) is 137 Å². The van der Waals surface area contributed by atoms with Crippen LogP contribution in [0.3, 0.4) is 0 Å². The fraction of sp³-hybridized carbons (Fsp3) is 0.286. The molecular formula is C28H38Si4. The van der Waals surface area contributed by atoms with E-state index in [-0.39, 0.29) is 0 Å². The van der Waals surface area contributed by atoms with Gasteiger partial charge in [0.1, 0.15) is 0 Å². The summed E-state index contributed by atoms with van der Waals surface area (Å²) in [5, 5.41) is 9.19. The highest BCUT2D eigenvalue weighted by Crippen LogP contribution is 2.37. The van der Waals surface area contributed by atoms with Gasteiger partial charge >= 0.3 is 0 Å². The summed E-state index contributed by atoms with van der Waals surface area (Å²) in [6.45, 7) is 21.9. The Labute approximate surface area is 198 Å². The summed E-state index contributed by atoms with van der Waals surface area (Å²) in [5.74, 6) is 0. The van der Waals surface area contributed by atoms with Crippen LogP contribution < -0.4 is 10.4 Å². The Bertz CT molecular complexity index is 1170. The zero-order valence-electron chi connectivity index (χ0n) is 21.1. The Hall–Kier alpha value is -1.73. The zero-order chi connectivity index (χ0) is 23.4. The lowest BCUT2D eigenvalue weighted by Crippen LogP contribution is -2.84. The molecule has 0 atom stereocenters. The SMILES string of the molecule is C[Si](C)(c1cccc2ccccc12)[Si](C)(C)[Si](C)(C)[Si](C)(C)c1cccc2ccccc12. The summed E-state index contributed by atoms with van der Waals surface area (Å²) in [6.07, 6.45) is 0. The van der Waals surface area contributed by atoms with Crippen molar-refractivity contribution in [3.8, 4) is 0 Å². The van der Waals surface area contributed by atoms with Crippen molar-refractivity contribution in [2.45, 2.75) is 52.4 Å². The van der Waals surface area contributed by atoms with E-state index in [4.69, 9.17) is 0 Å². The highest BCUT2D eigenvalue weighted by atomic mass is 29.8. The van der Waals surface area contributed by atoms with Gasteiger partial charge in [-0.05, 0) is 21.5 Å². The van der Waals surface area contributed by atoms with Gasteiger partial charge in [0, 0.05) is 14.2 Å². The molecule has 0 unspecified atom stereocenters. The van der Waals surface area contributed by atoms with Crippen LogP contribution in [-0.4, -0.2) is 29.4 Å². The molecule has 0 nitrogen and oxygen atoms in total. The predicted molar refractivity (Wildman–Crippen MR) is 157 cm³/mol. The Balaban J connectivity index is 1.89. The first-order valence-electron chi connectivity index (χ1n) is 11.9. The number of fused-ring (bicyclic) bond motifs is 2. The molecule has 0 aliphatic carbocycles. The molecule has 0 aliphatic rings. The van der Waals surface area contributed by atoms with Crippen LogP contribution >= 0.6 is 0 Å². The molecule has 0 saturated carbocycles. The lowest BCUT2D eigenvalue weighted by Gasteiger charge is -2.55. The van der Waals surface area contributed by atoms with Crippen LogP contribution in [0, 0.1) is 0 Å². The van der Waals surface area contributed by atoms with E-state index in [1.54, 1.807) is 10.4 Å². The van der Waals surface area contributed by atoms with Gasteiger partial charge in [0.2, 0.25) is 0 Å². The average Bonchev–Trinajstić information content (AvgIpc) is 2.77. The normalized spacial score (nSPS) is 13.6. The first-order chi connectivity index (χ1) is 14.9. The fourth-order valence-electron chi connectivity index (χ4n) is 5.78. The second kappa shape index (κ2) is 7.94. The van der Waals surface area contributed by atoms with Crippen LogP contribution in [0.1, 0.15) is 0 Å². The average molecular weight is 487 g/mol. The Morgan fingerprint density at radius 1 is 0.375 bits per heavy atom. The third-order valence-corrected chi connectivity index (χ3v) is 77.0. The molecule has 4 rings (SSSR count). The van der Waals surface area contributed by atoms with Crippen molar-refractivity contribution < 1.29 is 0 Å². The van der Waals surface area contributed by atoms with Crippen LogP contribution in [-0.2, 0) is 0 Å². The maximum absolute atomic E-state index is 2.77. The first-order valence-corrected chi connectivity index (χ1v) is 26.9. The molecule has 0 bridgehead atoms. The second-order valence-corrected chi connectivity index (χ2v) is 51.1. The van der Waals surface area contributed by atoms with Crippen molar-refractivity contribution in [1.29, 1.82) is 0 Å². The molecule has 0 spiro atoms. The Morgan fingerprint density at radius 2 is 0.688 bits per heavy atom. The van der Waals surface area contributed by atoms with Gasteiger partial charge in [-0.25, -0.2) is 0 Å². The maximum Gasteiger partial charge on any atom is 0.0719 e. The quantitative estimate of drug-likeness (QED) is 0.262. The van der Waals surface area contributed by atoms with Gasteiger partial charge in [-0.15, -0.1) is 0 Å². The van der Waals surface area contributed by atoms with E-state index >= 15 is 0 Å². The lowest BCUT2D eigenvalue weighted by atomic mass is 10.1. The van der Waals surface area contributed by atoms with Crippen molar-refractivity contribution in [2.24, 2.45) is 0 Å². The van der Waals surface area contributed by atoms with Crippen molar-refractivity contribution in [3.63, 3.8) is 0 Å². The van der Waals surface area contributed by atoms with E-state index in [1.807, 2.05) is 0 Å². The summed E-state index contributed by atoms with van der Waals surface area (Å²) in [6, 6.07) is 32.2. The molecule has 0 amide bonds. The minimum Gasteiger partial charge on any atom is -0.0730 e. The maximum atomic E-state index is 2.77. The van der Waals surface area contributed by atoms with Gasteiger partial charge in [0.25, 0.3) is 0 Å². The van der Waals surface area contributed by atoms with Gasteiger partial charge in [-0.3, -0.25) is 0 Å². The molecule has 0 heterocycles. The van der Waals surface area contributed by atoms with Crippen molar-refractivity contribution >= 4 is 61.3 Å². The smallest absolute Gasteiger partial charge is 0.0719 e. The molecule has 0 aliphatic heterocycles. The van der Waals surface area contributed by atoms with Crippen LogP contribution in [0.25, 0.3) is 21.5 Å². The molecular weight excluding hydrogens is 449 g/mol. The highest BCUT2D eigenvalue weighted by molar-refractivity contribution is 7.85. The number of rotatable bonds is 5. The minimum atomic E-state index is -1.68. The van der Waals surface area contributed by atoms with Gasteiger partial charge in [-0.2, -0.15) is 0 Å². The second-order valence-electron chi connectivity index (χ2n) is 11.6. The number of hydrogen-bond acceptors (Lipinski definition) is 0. The molecule has 4 heteroatoms. The van der Waals surface area contributed by atoms with Gasteiger partial charge < -0.3 is 0 Å². The van der Waals surface area contributed by atoms with Crippen LogP contribution in [0.4, 0.5) is 0 Å². The molecule has 0 radical (unpaired) electrons. The summed E-state index contributed by atoms with van der Waals surface area (Å²) in [5.41, 5.74) is 0. The molecule has 4 aromatic rings. The standard InChI is InChI=1S/C28H38Si4/c1-29(2,27-21-13-17-23-15-9-11-19-25(23)27)31(5,6)32(7,8)30(3,4)28-22-14-18-24-16-10-12-20-26(24)28/h9-22H,1-8H3. The van der Waals surface area contributed by atoms with Crippen LogP contribution in [0.2, 0.25) is 52.4 Å². The van der Waals surface area contributed by atoms with E-state index in [0.717, 1.165) is 0 Å². The summed E-state index contributed by atoms with van der Waals surface area (Å²) >= 11 is 0. The summed E-state index contributed by atoms with van der Waals surface area (Å²) in [4.78, 5) is 0. The first kappa shape index (κ1) is 23.4. The monoisotopic (exact) mass is 486 g/mol. The molecule has 166 valence electrons. The molecule has 4 aromatic carbocycles. The summed E-state index contributed by atoms with van der Waals surface area (Å²) < 4.78 is 0. The van der Waals surface area contributed by atoms with Crippen LogP contribution in [0.5, 0.6) is 0 Å². The Kier molecular flexibility index (Phi) is 5.81. The van der Waals surface area contributed by atoms with E-state index < -0.39 is 29.4 Å². The van der Waals surface area contributed by atoms with Crippen molar-refractivity contribution in [1.82, 2.24) is 0 Å². The predicted octanol–water partition coefficient (Wildman–Crippen LogP) is 7.18. The summed E-state index contributed by atoms with van der Waals surface area (Å²) in [7, 11) is -6.53. The van der Waals surface area contributed by atoms with Gasteiger partial charge in [0.05, 0.1) is 15.2 Å². The fourth-order valence-corrected chi connectivity index (χ4v) is 75.2. The van der Waals surface area contributed by atoms with E-state index in [9.17, 15) is 0 Å². The van der Waals surface area contributed by atoms with E-state index in [0.29, 0.717) is 0 Å². The topological polar surface area (TPSA) is 0 Å². The molecule has 0 aromatic heterocycles. The van der Waals surface area contributed by atoms with E-state index in [1.165, 1.54) is 21.5 Å². The Morgan fingerprint density at radius 3 is 1.06 bits per heavy atom. The highest BCUT2D eigenvalue weighted by Gasteiger charge is 2.60. The molecule has 0 N–H and O–H groups in total. The number of benzene rings is 4. The van der Waals surface area contributed by atoms with Gasteiger partial charge in [-0.1, -0.05) is 148 Å². The largest absolute Gasteiger partial charge is 0.0730 e. The third-order valence-electron chi connectivity index (χ3n) is 9.61. The van der Waals surface area contributed by atoms with Crippen LogP contribution in [0.15, 0.2) is 84.9 Å². The van der Waals surface area contributed by atoms with Crippen molar-refractivity contribution in [2.75, 3.05) is 0 Å². The number of hydrogen-bond donors (Lipinski definition) is 0. The third kappa shape index (κ3) is 3.34. The molecule has 32 heavy (non-hydrogen) atoms.